The molecule has 2 aliphatic rings. The highest BCUT2D eigenvalue weighted by Crippen LogP contribution is 2.41. The lowest BCUT2D eigenvalue weighted by Crippen LogP contribution is -2.42. The van der Waals surface area contributed by atoms with Gasteiger partial charge in [-0.05, 0) is 51.8 Å². The van der Waals surface area contributed by atoms with Crippen LogP contribution in [0, 0.1) is 5.92 Å². The van der Waals surface area contributed by atoms with Gasteiger partial charge in [0.1, 0.15) is 11.7 Å². The van der Waals surface area contributed by atoms with Gasteiger partial charge in [0, 0.05) is 29.0 Å². The molecular weight excluding hydrogens is 374 g/mol. The average molecular weight is 396 g/mol. The third-order valence-corrected chi connectivity index (χ3v) is 4.89. The highest BCUT2D eigenvalue weighted by atomic mass is 79.9. The first-order valence-electron chi connectivity index (χ1n) is 8.23. The van der Waals surface area contributed by atoms with Gasteiger partial charge in [-0.2, -0.15) is 0 Å². The van der Waals surface area contributed by atoms with Crippen molar-refractivity contribution in [3.8, 4) is 0 Å². The molecule has 0 aromatic heterocycles. The number of ether oxygens (including phenoxy) is 2. The summed E-state index contributed by atoms with van der Waals surface area (Å²) in [6.07, 6.45) is 1.10. The van der Waals surface area contributed by atoms with Crippen molar-refractivity contribution in [3.05, 3.63) is 33.8 Å². The molecule has 2 aliphatic heterocycles. The van der Waals surface area contributed by atoms with Gasteiger partial charge in [0.05, 0.1) is 5.56 Å². The quantitative estimate of drug-likeness (QED) is 0.664. The van der Waals surface area contributed by atoms with Gasteiger partial charge in [0.15, 0.2) is 0 Å². The number of likely N-dealkylation sites (tertiary alicyclic amines) is 1. The van der Waals surface area contributed by atoms with Gasteiger partial charge in [-0.3, -0.25) is 0 Å². The van der Waals surface area contributed by atoms with Gasteiger partial charge in [-0.25, -0.2) is 9.59 Å². The Morgan fingerprint density at radius 2 is 1.96 bits per heavy atom. The number of benzene rings is 1. The number of hydrogen-bond acceptors (Lipinski definition) is 4. The molecule has 0 bridgehead atoms. The van der Waals surface area contributed by atoms with E-state index in [1.54, 1.807) is 11.0 Å². The van der Waals surface area contributed by atoms with E-state index in [-0.39, 0.29) is 24.1 Å². The van der Waals surface area contributed by atoms with E-state index in [9.17, 15) is 9.59 Å². The maximum Gasteiger partial charge on any atom is 0.410 e. The van der Waals surface area contributed by atoms with Gasteiger partial charge < -0.3 is 14.4 Å². The summed E-state index contributed by atoms with van der Waals surface area (Å²) in [5.41, 5.74) is 1.11. The molecule has 3 rings (SSSR count). The van der Waals surface area contributed by atoms with E-state index in [4.69, 9.17) is 9.47 Å². The van der Waals surface area contributed by atoms with Gasteiger partial charge in [0.25, 0.3) is 0 Å². The third-order valence-electron chi connectivity index (χ3n) is 4.39. The van der Waals surface area contributed by atoms with Crippen molar-refractivity contribution in [1.82, 2.24) is 4.90 Å². The highest BCUT2D eigenvalue weighted by molar-refractivity contribution is 9.10. The zero-order valence-electron chi connectivity index (χ0n) is 14.2. The largest absolute Gasteiger partial charge is 0.454 e. The van der Waals surface area contributed by atoms with Crippen LogP contribution < -0.4 is 0 Å². The summed E-state index contributed by atoms with van der Waals surface area (Å²) in [6, 6.07) is 5.62. The maximum absolute atomic E-state index is 12.1. The van der Waals surface area contributed by atoms with Crippen LogP contribution in [0.1, 0.15) is 55.6 Å². The Labute approximate surface area is 150 Å². The van der Waals surface area contributed by atoms with Crippen LogP contribution in [0.3, 0.4) is 0 Å². The number of amides is 1. The zero-order chi connectivity index (χ0) is 17.5. The second-order valence-electron chi connectivity index (χ2n) is 7.36. The first-order chi connectivity index (χ1) is 11.2. The van der Waals surface area contributed by atoms with Crippen molar-refractivity contribution in [2.24, 2.45) is 5.92 Å². The Kier molecular flexibility index (Phi) is 4.60. The topological polar surface area (TPSA) is 55.8 Å². The Bertz CT molecular complexity index is 659. The van der Waals surface area contributed by atoms with E-state index in [2.05, 4.69) is 15.9 Å². The number of hydrogen-bond donors (Lipinski definition) is 0. The lowest BCUT2D eigenvalue weighted by molar-refractivity contribution is -0.00258. The van der Waals surface area contributed by atoms with Crippen LogP contribution in [0.2, 0.25) is 0 Å². The molecule has 1 atom stereocenters. The number of nitrogens with zero attached hydrogens (tertiary/aromatic N) is 1. The number of esters is 1. The van der Waals surface area contributed by atoms with E-state index in [1.807, 2.05) is 32.9 Å². The van der Waals surface area contributed by atoms with E-state index in [0.29, 0.717) is 18.7 Å². The molecule has 1 saturated heterocycles. The molecule has 1 aromatic rings. The summed E-state index contributed by atoms with van der Waals surface area (Å²) >= 11 is 3.46. The molecule has 5 nitrogen and oxygen atoms in total. The summed E-state index contributed by atoms with van der Waals surface area (Å²) < 4.78 is 12.0. The number of halogens is 1. The fourth-order valence-corrected chi connectivity index (χ4v) is 3.64. The molecule has 1 amide bonds. The Hall–Kier alpha value is -1.56. The molecule has 6 heteroatoms. The van der Waals surface area contributed by atoms with Crippen molar-refractivity contribution in [1.29, 1.82) is 0 Å². The molecule has 0 radical (unpaired) electrons. The van der Waals surface area contributed by atoms with Crippen LogP contribution in [-0.4, -0.2) is 35.7 Å². The second-order valence-corrected chi connectivity index (χ2v) is 8.28. The minimum atomic E-state index is -0.486. The molecular formula is C18H22BrNO4. The number of carbonyl (C=O) groups is 2. The molecule has 1 aromatic carbocycles. The molecule has 0 spiro atoms. The number of cyclic esters (lactones) is 1. The predicted molar refractivity (Wildman–Crippen MR) is 92.8 cm³/mol. The standard InChI is InChI=1S/C18H22BrNO4/c1-18(2,3)24-17(22)20-8-6-11(7-9-20)15-14-10-12(19)4-5-13(14)16(21)23-15/h4-5,10-11,15H,6-9H2,1-3H3. The minimum absolute atomic E-state index is 0.217. The van der Waals surface area contributed by atoms with E-state index >= 15 is 0 Å². The Morgan fingerprint density at radius 3 is 2.58 bits per heavy atom. The Morgan fingerprint density at radius 1 is 1.29 bits per heavy atom. The monoisotopic (exact) mass is 395 g/mol. The summed E-state index contributed by atoms with van der Waals surface area (Å²) in [7, 11) is 0. The summed E-state index contributed by atoms with van der Waals surface area (Å²) in [4.78, 5) is 25.9. The van der Waals surface area contributed by atoms with Crippen LogP contribution >= 0.6 is 15.9 Å². The molecule has 0 saturated carbocycles. The normalized spacial score (nSPS) is 21.4. The van der Waals surface area contributed by atoms with Crippen molar-refractivity contribution < 1.29 is 19.1 Å². The molecule has 2 heterocycles. The van der Waals surface area contributed by atoms with Crippen LogP contribution in [0.25, 0.3) is 0 Å². The summed E-state index contributed by atoms with van der Waals surface area (Å²) in [6.45, 7) is 6.84. The number of rotatable bonds is 1. The summed E-state index contributed by atoms with van der Waals surface area (Å²) in [5, 5.41) is 0. The minimum Gasteiger partial charge on any atom is -0.454 e. The number of carbonyl (C=O) groups excluding carboxylic acids is 2. The fourth-order valence-electron chi connectivity index (χ4n) is 3.26. The van der Waals surface area contributed by atoms with Gasteiger partial charge in [0.2, 0.25) is 0 Å². The fraction of sp³-hybridized carbons (Fsp3) is 0.556. The first-order valence-corrected chi connectivity index (χ1v) is 9.02. The highest BCUT2D eigenvalue weighted by Gasteiger charge is 2.39. The molecule has 0 aliphatic carbocycles. The third kappa shape index (κ3) is 3.58. The molecule has 1 unspecified atom stereocenters. The van der Waals surface area contributed by atoms with E-state index < -0.39 is 5.60 Å². The van der Waals surface area contributed by atoms with Crippen LogP contribution in [-0.2, 0) is 9.47 Å². The Balaban J connectivity index is 1.65. The smallest absolute Gasteiger partial charge is 0.410 e. The maximum atomic E-state index is 12.1. The number of piperidine rings is 1. The van der Waals surface area contributed by atoms with Crippen LogP contribution in [0.15, 0.2) is 22.7 Å². The van der Waals surface area contributed by atoms with Gasteiger partial charge >= 0.3 is 12.1 Å². The lowest BCUT2D eigenvalue weighted by atomic mass is 9.87. The number of fused-ring (bicyclic) bond motifs is 1. The van der Waals surface area contributed by atoms with Gasteiger partial charge in [-0.1, -0.05) is 15.9 Å². The van der Waals surface area contributed by atoms with Crippen molar-refractivity contribution >= 4 is 28.0 Å². The first kappa shape index (κ1) is 17.3. The SMILES string of the molecule is CC(C)(C)OC(=O)N1CCC(C2OC(=O)c3ccc(Br)cc32)CC1. The molecule has 0 N–H and O–H groups in total. The zero-order valence-corrected chi connectivity index (χ0v) is 15.8. The molecule has 130 valence electrons. The molecule has 24 heavy (non-hydrogen) atoms. The van der Waals surface area contributed by atoms with Gasteiger partial charge in [-0.15, -0.1) is 0 Å². The van der Waals surface area contributed by atoms with E-state index in [1.165, 1.54) is 0 Å². The van der Waals surface area contributed by atoms with Crippen LogP contribution in [0.5, 0.6) is 0 Å². The van der Waals surface area contributed by atoms with E-state index in [0.717, 1.165) is 22.9 Å². The lowest BCUT2D eigenvalue weighted by Gasteiger charge is -2.35. The second kappa shape index (κ2) is 6.39. The summed E-state index contributed by atoms with van der Waals surface area (Å²) in [5.74, 6) is -0.0275. The van der Waals surface area contributed by atoms with Crippen LogP contribution in [0.4, 0.5) is 4.79 Å². The average Bonchev–Trinajstić information content (AvgIpc) is 2.82. The van der Waals surface area contributed by atoms with Crippen molar-refractivity contribution in [2.75, 3.05) is 13.1 Å². The van der Waals surface area contributed by atoms with Crippen molar-refractivity contribution in [3.63, 3.8) is 0 Å². The predicted octanol–water partition coefficient (Wildman–Crippen LogP) is 4.31. The molecule has 1 fully saturated rings. The van der Waals surface area contributed by atoms with Crippen molar-refractivity contribution in [2.45, 2.75) is 45.3 Å².